The van der Waals surface area contributed by atoms with Gasteiger partial charge in [0.05, 0.1) is 17.5 Å². The minimum absolute atomic E-state index is 0.0410. The van der Waals surface area contributed by atoms with Gasteiger partial charge in [0, 0.05) is 36.4 Å². The molecule has 2 atom stereocenters. The fourth-order valence-corrected chi connectivity index (χ4v) is 4.75. The Kier molecular flexibility index (Phi) is 6.14. The number of hydrogen-bond donors (Lipinski definition) is 1. The molecule has 2 aliphatic rings. The molecule has 7 nitrogen and oxygen atoms in total. The number of ether oxygens (including phenoxy) is 1. The number of amides is 1. The minimum Gasteiger partial charge on any atom is -0.494 e. The lowest BCUT2D eigenvalue weighted by Gasteiger charge is -2.40. The molecule has 1 amide bonds. The molecule has 0 spiro atoms. The fourth-order valence-electron chi connectivity index (χ4n) is 3.70. The molecule has 0 radical (unpaired) electrons. The molecule has 1 aromatic carbocycles. The number of nitrogens with zero attached hydrogens (tertiary/aromatic N) is 2. The first kappa shape index (κ1) is 21.2. The lowest BCUT2D eigenvalue weighted by molar-refractivity contribution is -0.118. The molecule has 2 heterocycles. The molecule has 0 bridgehead atoms. The Labute approximate surface area is 174 Å². The van der Waals surface area contributed by atoms with E-state index in [2.05, 4.69) is 17.1 Å². The van der Waals surface area contributed by atoms with Crippen LogP contribution in [0.4, 0.5) is 0 Å². The van der Waals surface area contributed by atoms with Crippen LogP contribution in [-0.4, -0.2) is 56.5 Å². The summed E-state index contributed by atoms with van der Waals surface area (Å²) >= 11 is 6.52. The molecule has 0 aromatic heterocycles. The Hall–Kier alpha value is -1.48. The Morgan fingerprint density at radius 2 is 2.04 bits per heavy atom. The maximum Gasteiger partial charge on any atom is 0.268 e. The van der Waals surface area contributed by atoms with Crippen molar-refractivity contribution in [2.45, 2.75) is 36.8 Å². The van der Waals surface area contributed by atoms with Crippen molar-refractivity contribution >= 4 is 37.2 Å². The summed E-state index contributed by atoms with van der Waals surface area (Å²) in [6.07, 6.45) is 0.913. The van der Waals surface area contributed by atoms with Gasteiger partial charge in [0.15, 0.2) is 5.62 Å². The van der Waals surface area contributed by atoms with Crippen LogP contribution in [-0.2, 0) is 13.8 Å². The van der Waals surface area contributed by atoms with Gasteiger partial charge in [0.1, 0.15) is 11.4 Å². The van der Waals surface area contributed by atoms with E-state index < -0.39 is 20.7 Å². The van der Waals surface area contributed by atoms with Gasteiger partial charge in [0.25, 0.3) is 15.0 Å². The summed E-state index contributed by atoms with van der Waals surface area (Å²) in [7, 11) is 3.39. The molecular weight excluding hydrogens is 425 g/mol. The van der Waals surface area contributed by atoms with Crippen LogP contribution in [0.1, 0.15) is 31.9 Å². The topological polar surface area (TPSA) is 79.0 Å². The van der Waals surface area contributed by atoms with Gasteiger partial charge in [0.2, 0.25) is 0 Å². The molecule has 3 rings (SSSR count). The molecule has 0 saturated heterocycles. The van der Waals surface area contributed by atoms with Crippen molar-refractivity contribution < 1.29 is 17.9 Å². The SMILES string of the molecule is CCCN1CC2=C(C(=O)NC2c2cc(S(=O)(=O)Cl)ccc2OCC)N(C)C1Cl. The van der Waals surface area contributed by atoms with Gasteiger partial charge in [-0.2, -0.15) is 0 Å². The lowest BCUT2D eigenvalue weighted by atomic mass is 9.97. The molecule has 154 valence electrons. The zero-order valence-corrected chi connectivity index (χ0v) is 18.2. The third-order valence-corrected chi connectivity index (χ3v) is 6.79. The number of hydrogen-bond acceptors (Lipinski definition) is 6. The average molecular weight is 448 g/mol. The van der Waals surface area contributed by atoms with Crippen LogP contribution in [0, 0.1) is 0 Å². The maximum absolute atomic E-state index is 12.7. The molecule has 2 aliphatic heterocycles. The zero-order valence-electron chi connectivity index (χ0n) is 15.9. The van der Waals surface area contributed by atoms with Crippen LogP contribution in [0.5, 0.6) is 5.75 Å². The molecule has 1 aromatic rings. The van der Waals surface area contributed by atoms with E-state index in [1.54, 1.807) is 18.0 Å². The van der Waals surface area contributed by atoms with Gasteiger partial charge in [-0.15, -0.1) is 0 Å². The predicted molar refractivity (Wildman–Crippen MR) is 108 cm³/mol. The largest absolute Gasteiger partial charge is 0.494 e. The summed E-state index contributed by atoms with van der Waals surface area (Å²) < 4.78 is 29.4. The second-order valence-corrected chi connectivity index (χ2v) is 9.70. The maximum atomic E-state index is 12.7. The van der Waals surface area contributed by atoms with Crippen molar-refractivity contribution in [2.75, 3.05) is 26.7 Å². The number of likely N-dealkylation sites (N-methyl/N-ethyl adjacent to an activating group) is 1. The number of benzene rings is 1. The first-order valence-corrected chi connectivity index (χ1v) is 11.8. The first-order chi connectivity index (χ1) is 13.2. The standard InChI is InChI=1S/C18H23Cl2N3O4S/c1-4-8-23-10-13-15(21-17(24)16(13)22(3)18(23)19)12-9-11(28(20,25)26)6-7-14(12)27-5-2/h6-7,9,15,18H,4-5,8,10H2,1-3H3,(H,21,24). The van der Waals surface area contributed by atoms with Crippen molar-refractivity contribution in [1.29, 1.82) is 0 Å². The molecule has 0 aliphatic carbocycles. The highest BCUT2D eigenvalue weighted by Gasteiger charge is 2.43. The number of nitrogens with one attached hydrogen (secondary N) is 1. The van der Waals surface area contributed by atoms with Crippen molar-refractivity contribution in [3.63, 3.8) is 0 Å². The molecule has 2 unspecified atom stereocenters. The lowest BCUT2D eigenvalue weighted by Crippen LogP contribution is -2.48. The Morgan fingerprint density at radius 3 is 2.64 bits per heavy atom. The van der Waals surface area contributed by atoms with E-state index in [9.17, 15) is 13.2 Å². The van der Waals surface area contributed by atoms with Gasteiger partial charge in [-0.1, -0.05) is 18.5 Å². The summed E-state index contributed by atoms with van der Waals surface area (Å²) in [5.74, 6) is 0.259. The van der Waals surface area contributed by atoms with Crippen LogP contribution in [0.15, 0.2) is 34.4 Å². The number of alkyl halides is 1. The van der Waals surface area contributed by atoms with Crippen LogP contribution >= 0.6 is 22.3 Å². The monoisotopic (exact) mass is 447 g/mol. The normalized spacial score (nSPS) is 23.0. The summed E-state index contributed by atoms with van der Waals surface area (Å²) in [4.78, 5) is 16.5. The molecule has 0 fully saturated rings. The van der Waals surface area contributed by atoms with E-state index in [1.807, 2.05) is 6.92 Å². The van der Waals surface area contributed by atoms with E-state index in [-0.39, 0.29) is 10.8 Å². The highest BCUT2D eigenvalue weighted by atomic mass is 35.7. The van der Waals surface area contributed by atoms with Gasteiger partial charge in [-0.25, -0.2) is 8.42 Å². The van der Waals surface area contributed by atoms with Gasteiger partial charge in [-0.3, -0.25) is 9.69 Å². The Balaban J connectivity index is 2.11. The van der Waals surface area contributed by atoms with Crippen molar-refractivity contribution in [3.05, 3.63) is 35.0 Å². The third-order valence-electron chi connectivity index (χ3n) is 4.87. The molecule has 0 saturated carbocycles. The third kappa shape index (κ3) is 3.83. The number of carbonyl (C=O) groups is 1. The van der Waals surface area contributed by atoms with E-state index in [0.717, 1.165) is 18.5 Å². The van der Waals surface area contributed by atoms with Crippen molar-refractivity contribution in [1.82, 2.24) is 15.1 Å². The van der Waals surface area contributed by atoms with Crippen LogP contribution in [0.25, 0.3) is 0 Å². The Morgan fingerprint density at radius 1 is 1.32 bits per heavy atom. The second kappa shape index (κ2) is 8.10. The van der Waals surface area contributed by atoms with Gasteiger partial charge >= 0.3 is 0 Å². The molecular formula is C18H23Cl2N3O4S. The fraction of sp³-hybridized carbons (Fsp3) is 0.500. The molecule has 28 heavy (non-hydrogen) atoms. The van der Waals surface area contributed by atoms with Crippen LogP contribution in [0.3, 0.4) is 0 Å². The van der Waals surface area contributed by atoms with E-state index >= 15 is 0 Å². The average Bonchev–Trinajstić information content (AvgIpc) is 2.95. The summed E-state index contributed by atoms with van der Waals surface area (Å²) in [5, 5.41) is 2.95. The number of rotatable bonds is 6. The first-order valence-electron chi connectivity index (χ1n) is 9.05. The summed E-state index contributed by atoms with van der Waals surface area (Å²) in [6.45, 7) is 5.56. The highest BCUT2D eigenvalue weighted by molar-refractivity contribution is 8.13. The minimum atomic E-state index is -3.92. The van der Waals surface area contributed by atoms with Gasteiger partial charge < -0.3 is 15.0 Å². The van der Waals surface area contributed by atoms with Crippen molar-refractivity contribution in [2.24, 2.45) is 0 Å². The van der Waals surface area contributed by atoms with E-state index in [0.29, 0.717) is 30.2 Å². The predicted octanol–water partition coefficient (Wildman–Crippen LogP) is 2.62. The highest BCUT2D eigenvalue weighted by Crippen LogP contribution is 2.41. The van der Waals surface area contributed by atoms with E-state index in [1.165, 1.54) is 12.1 Å². The molecule has 1 N–H and O–H groups in total. The quantitative estimate of drug-likeness (QED) is 0.410. The van der Waals surface area contributed by atoms with Crippen molar-refractivity contribution in [3.8, 4) is 5.75 Å². The van der Waals surface area contributed by atoms with E-state index in [4.69, 9.17) is 27.0 Å². The number of carbonyl (C=O) groups excluding carboxylic acids is 1. The number of halogens is 2. The zero-order chi connectivity index (χ0) is 20.6. The Bertz CT molecular complexity index is 919. The second-order valence-electron chi connectivity index (χ2n) is 6.74. The van der Waals surface area contributed by atoms with Crippen LogP contribution < -0.4 is 10.1 Å². The molecule has 10 heteroatoms. The summed E-state index contributed by atoms with van der Waals surface area (Å²) in [5.41, 5.74) is 1.48. The van der Waals surface area contributed by atoms with Gasteiger partial charge in [-0.05, 0) is 37.1 Å². The van der Waals surface area contributed by atoms with Crippen LogP contribution in [0.2, 0.25) is 0 Å². The smallest absolute Gasteiger partial charge is 0.268 e. The summed E-state index contributed by atoms with van der Waals surface area (Å²) in [6, 6.07) is 3.91.